The summed E-state index contributed by atoms with van der Waals surface area (Å²) in [5, 5.41) is 9.44. The summed E-state index contributed by atoms with van der Waals surface area (Å²) >= 11 is -2.74. The van der Waals surface area contributed by atoms with Crippen LogP contribution in [0.5, 0.6) is 0 Å². The fraction of sp³-hybridized carbons (Fsp3) is 0.759. The number of rotatable bonds is 15. The second-order valence-electron chi connectivity index (χ2n) is 11.3. The van der Waals surface area contributed by atoms with Gasteiger partial charge in [-0.2, -0.15) is 0 Å². The molecule has 5 nitrogen and oxygen atoms in total. The third kappa shape index (κ3) is 8.10. The predicted octanol–water partition coefficient (Wildman–Crippen LogP) is 7.54. The first-order valence-corrected chi connectivity index (χ1v) is 21.2. The average Bonchev–Trinajstić information content (AvgIpc) is 3.24. The van der Waals surface area contributed by atoms with E-state index in [9.17, 15) is 14.9 Å². The molecule has 0 aromatic rings. The second kappa shape index (κ2) is 14.4. The molecule has 0 N–H and O–H groups in total. The second-order valence-corrected chi connectivity index (χ2v) is 24.2. The normalized spacial score (nSPS) is 18.8. The first kappa shape index (κ1) is 31.7. The van der Waals surface area contributed by atoms with Gasteiger partial charge < -0.3 is 0 Å². The van der Waals surface area contributed by atoms with Crippen LogP contribution in [0.25, 0.3) is 0 Å². The maximum absolute atomic E-state index is 13.1. The Morgan fingerprint density at radius 1 is 1.06 bits per heavy atom. The van der Waals surface area contributed by atoms with E-state index in [0.717, 1.165) is 0 Å². The first-order chi connectivity index (χ1) is 16.5. The van der Waals surface area contributed by atoms with Gasteiger partial charge in [-0.15, -0.1) is 0 Å². The van der Waals surface area contributed by atoms with Gasteiger partial charge in [0.25, 0.3) is 0 Å². The molecule has 6 heteroatoms. The third-order valence-electron chi connectivity index (χ3n) is 8.01. The Kier molecular flexibility index (Phi) is 13.1. The molecule has 0 bridgehead atoms. The molecule has 1 atom stereocenters. The Bertz CT molecular complexity index is 770. The van der Waals surface area contributed by atoms with Gasteiger partial charge in [0, 0.05) is 0 Å². The van der Waals surface area contributed by atoms with E-state index < -0.39 is 35.7 Å². The van der Waals surface area contributed by atoms with Gasteiger partial charge in [0.15, 0.2) is 0 Å². The van der Waals surface area contributed by atoms with Gasteiger partial charge >= 0.3 is 219 Å². The van der Waals surface area contributed by atoms with Crippen molar-refractivity contribution < 1.29 is 19.1 Å². The molecule has 198 valence electrons. The number of hydrogen-bond acceptors (Lipinski definition) is 5. The first-order valence-electron chi connectivity index (χ1n) is 13.5. The number of nitriles is 1. The molecular formula is C29H49NO4Sn. The van der Waals surface area contributed by atoms with Crippen LogP contribution in [0.1, 0.15) is 92.4 Å². The van der Waals surface area contributed by atoms with Crippen LogP contribution in [-0.4, -0.2) is 44.5 Å². The van der Waals surface area contributed by atoms with Crippen molar-refractivity contribution in [2.75, 3.05) is 14.2 Å². The zero-order valence-corrected chi connectivity index (χ0v) is 26.3. The van der Waals surface area contributed by atoms with E-state index in [-0.39, 0.29) is 11.3 Å². The Labute approximate surface area is 218 Å². The summed E-state index contributed by atoms with van der Waals surface area (Å²) in [7, 11) is 2.69. The maximum atomic E-state index is 13.1. The number of hydrogen-bond donors (Lipinski definition) is 0. The van der Waals surface area contributed by atoms with Gasteiger partial charge in [-0.25, -0.2) is 0 Å². The van der Waals surface area contributed by atoms with Crippen LogP contribution in [0.3, 0.4) is 0 Å². The number of esters is 2. The van der Waals surface area contributed by atoms with Crippen LogP contribution >= 0.6 is 0 Å². The summed E-state index contributed by atoms with van der Waals surface area (Å²) in [5.41, 5.74) is 0.125. The van der Waals surface area contributed by atoms with Crippen LogP contribution in [0, 0.1) is 28.1 Å². The quantitative estimate of drug-likeness (QED) is 0.0848. The van der Waals surface area contributed by atoms with Crippen molar-refractivity contribution in [1.82, 2.24) is 0 Å². The zero-order valence-electron chi connectivity index (χ0n) is 23.4. The van der Waals surface area contributed by atoms with E-state index in [2.05, 4.69) is 51.4 Å². The SMILES string of the molecule is C=C(C#N)CC(C)(C)C1CC(C(=O)OC)(C(=O)OC)C/C1=[CH]\[Sn]([CH2]CCC)([CH2]CCC)[CH2]CCC. The van der Waals surface area contributed by atoms with Gasteiger partial charge in [-0.1, -0.05) is 0 Å². The van der Waals surface area contributed by atoms with Crippen molar-refractivity contribution in [3.8, 4) is 6.07 Å². The molecule has 1 saturated carbocycles. The van der Waals surface area contributed by atoms with Crippen molar-refractivity contribution in [1.29, 1.82) is 5.26 Å². The molecule has 0 aromatic heterocycles. The molecule has 0 heterocycles. The molecule has 0 saturated heterocycles. The van der Waals surface area contributed by atoms with Crippen LogP contribution in [-0.2, 0) is 19.1 Å². The Morgan fingerprint density at radius 2 is 1.51 bits per heavy atom. The fourth-order valence-electron chi connectivity index (χ4n) is 6.02. The Morgan fingerprint density at radius 3 is 1.89 bits per heavy atom. The van der Waals surface area contributed by atoms with Gasteiger partial charge in [0.2, 0.25) is 0 Å². The molecule has 0 amide bonds. The molecule has 0 aliphatic heterocycles. The Hall–Kier alpha value is -1.29. The van der Waals surface area contributed by atoms with Gasteiger partial charge in [-0.3, -0.25) is 0 Å². The number of ether oxygens (including phenoxy) is 2. The van der Waals surface area contributed by atoms with Crippen molar-refractivity contribution in [2.45, 2.75) is 106 Å². The van der Waals surface area contributed by atoms with Crippen LogP contribution in [0.4, 0.5) is 0 Å². The van der Waals surface area contributed by atoms with Crippen LogP contribution < -0.4 is 0 Å². The van der Waals surface area contributed by atoms with Gasteiger partial charge in [0.1, 0.15) is 0 Å². The number of allylic oxidation sites excluding steroid dienone is 2. The summed E-state index contributed by atoms with van der Waals surface area (Å²) in [4.78, 5) is 26.2. The van der Waals surface area contributed by atoms with Crippen molar-refractivity contribution >= 4 is 30.3 Å². The molecule has 1 rings (SSSR count). The van der Waals surface area contributed by atoms with Gasteiger partial charge in [0.05, 0.1) is 0 Å². The van der Waals surface area contributed by atoms with Crippen molar-refractivity contribution in [3.05, 3.63) is 21.8 Å². The summed E-state index contributed by atoms with van der Waals surface area (Å²) < 4.78 is 17.0. The van der Waals surface area contributed by atoms with E-state index in [1.807, 2.05) is 0 Å². The number of nitrogens with zero attached hydrogens (tertiary/aromatic N) is 1. The van der Waals surface area contributed by atoms with Crippen LogP contribution in [0.15, 0.2) is 21.8 Å². The number of carbonyl (C=O) groups excluding carboxylic acids is 2. The summed E-state index contributed by atoms with van der Waals surface area (Å²) in [6.07, 6.45) is 8.54. The monoisotopic (exact) mass is 595 g/mol. The number of unbranched alkanes of at least 4 members (excludes halogenated alkanes) is 3. The van der Waals surface area contributed by atoms with E-state index in [1.54, 1.807) is 0 Å². The van der Waals surface area contributed by atoms with E-state index in [4.69, 9.17) is 9.47 Å². The molecule has 0 spiro atoms. The molecule has 1 fully saturated rings. The third-order valence-corrected chi connectivity index (χ3v) is 22.4. The fourth-order valence-corrected chi connectivity index (χ4v) is 21.6. The standard InChI is InChI=1S/C17H22NO4.3C4H9.Sn/c1-11(10-18)7-16(3,4)13-9-17(8-12(13)2,14(19)21-5)15(20)22-6;3*1-3-4-2;/h2,13H,1,7-9H2,3-6H3;3*1,3-4H2,2H3;. The number of methoxy groups -OCH3 is 2. The molecule has 1 aliphatic carbocycles. The Balaban J connectivity index is 3.75. The summed E-state index contributed by atoms with van der Waals surface area (Å²) in [6, 6.07) is 2.20. The van der Waals surface area contributed by atoms with Gasteiger partial charge in [-0.05, 0) is 0 Å². The average molecular weight is 594 g/mol. The van der Waals surface area contributed by atoms with Crippen molar-refractivity contribution in [3.63, 3.8) is 0 Å². The summed E-state index contributed by atoms with van der Waals surface area (Å²) in [6.45, 7) is 15.0. The molecular weight excluding hydrogens is 545 g/mol. The van der Waals surface area contributed by atoms with E-state index in [0.29, 0.717) is 24.8 Å². The van der Waals surface area contributed by atoms with Crippen molar-refractivity contribution in [2.24, 2.45) is 16.7 Å². The molecule has 1 aliphatic rings. The van der Waals surface area contributed by atoms with E-state index in [1.165, 1.54) is 71.6 Å². The topological polar surface area (TPSA) is 76.4 Å². The van der Waals surface area contributed by atoms with E-state index >= 15 is 0 Å². The molecule has 0 radical (unpaired) electrons. The van der Waals surface area contributed by atoms with Crippen LogP contribution in [0.2, 0.25) is 13.3 Å². The minimum atomic E-state index is -2.74. The zero-order chi connectivity index (χ0) is 26.7. The summed E-state index contributed by atoms with van der Waals surface area (Å²) in [5.74, 6) is -1.03. The predicted molar refractivity (Wildman–Crippen MR) is 145 cm³/mol. The minimum absolute atomic E-state index is 0.00763. The molecule has 35 heavy (non-hydrogen) atoms. The number of carbonyl (C=O) groups is 2. The molecule has 0 aromatic carbocycles. The molecule has 1 unspecified atom stereocenters.